The fourth-order valence-corrected chi connectivity index (χ4v) is 1.82. The zero-order valence-electron chi connectivity index (χ0n) is 10.4. The minimum Gasteiger partial charge on any atom is -0.341 e. The molecule has 17 heavy (non-hydrogen) atoms. The van der Waals surface area contributed by atoms with Gasteiger partial charge < -0.3 is 10.2 Å². The molecule has 0 radical (unpaired) electrons. The van der Waals surface area contributed by atoms with Crippen LogP contribution in [0.2, 0.25) is 5.02 Å². The van der Waals surface area contributed by atoms with Crippen molar-refractivity contribution in [1.29, 1.82) is 0 Å². The molecule has 0 aliphatic carbocycles. The minimum absolute atomic E-state index is 0.167. The zero-order valence-corrected chi connectivity index (χ0v) is 11.1. The summed E-state index contributed by atoms with van der Waals surface area (Å²) in [4.78, 5) is 13.5. The predicted octanol–water partition coefficient (Wildman–Crippen LogP) is 2.30. The molecule has 0 aliphatic rings. The average Bonchev–Trinajstić information content (AvgIpc) is 2.29. The van der Waals surface area contributed by atoms with Gasteiger partial charge in [-0.2, -0.15) is 0 Å². The number of amides is 1. The van der Waals surface area contributed by atoms with Gasteiger partial charge in [0.25, 0.3) is 0 Å². The molecule has 0 fully saturated rings. The average molecular weight is 255 g/mol. The number of rotatable bonds is 6. The van der Waals surface area contributed by atoms with E-state index in [1.165, 1.54) is 0 Å². The Balaban J connectivity index is 2.43. The summed E-state index contributed by atoms with van der Waals surface area (Å²) in [5, 5.41) is 3.74. The molecular weight excluding hydrogens is 236 g/mol. The van der Waals surface area contributed by atoms with Crippen LogP contribution in [0.3, 0.4) is 0 Å². The van der Waals surface area contributed by atoms with Gasteiger partial charge in [0, 0.05) is 25.0 Å². The zero-order chi connectivity index (χ0) is 12.7. The SMILES string of the molecule is CNCCCC(=O)N(C)Cc1cccc(Cl)c1. The first kappa shape index (κ1) is 14.0. The Labute approximate surface area is 108 Å². The molecule has 0 saturated carbocycles. The molecule has 0 unspecified atom stereocenters. The molecule has 94 valence electrons. The van der Waals surface area contributed by atoms with E-state index < -0.39 is 0 Å². The van der Waals surface area contributed by atoms with Gasteiger partial charge in [-0.05, 0) is 37.7 Å². The fraction of sp³-hybridized carbons (Fsp3) is 0.462. The molecule has 0 atom stereocenters. The largest absolute Gasteiger partial charge is 0.341 e. The summed E-state index contributed by atoms with van der Waals surface area (Å²) in [5.74, 6) is 0.167. The number of halogens is 1. The van der Waals surface area contributed by atoms with Crippen molar-refractivity contribution < 1.29 is 4.79 Å². The van der Waals surface area contributed by atoms with E-state index in [0.717, 1.165) is 18.5 Å². The van der Waals surface area contributed by atoms with Crippen LogP contribution >= 0.6 is 11.6 Å². The lowest BCUT2D eigenvalue weighted by Crippen LogP contribution is -2.26. The number of hydrogen-bond donors (Lipinski definition) is 1. The normalized spacial score (nSPS) is 10.3. The van der Waals surface area contributed by atoms with E-state index in [0.29, 0.717) is 18.0 Å². The molecule has 1 aromatic rings. The van der Waals surface area contributed by atoms with Gasteiger partial charge in [-0.25, -0.2) is 0 Å². The second-order valence-corrected chi connectivity index (χ2v) is 4.52. The summed E-state index contributed by atoms with van der Waals surface area (Å²) in [6, 6.07) is 7.60. The van der Waals surface area contributed by atoms with Crippen molar-refractivity contribution in [3.05, 3.63) is 34.9 Å². The third-order valence-electron chi connectivity index (χ3n) is 2.55. The first-order valence-corrected chi connectivity index (χ1v) is 6.14. The van der Waals surface area contributed by atoms with Crippen molar-refractivity contribution in [1.82, 2.24) is 10.2 Å². The highest BCUT2D eigenvalue weighted by Gasteiger charge is 2.08. The molecule has 0 saturated heterocycles. The van der Waals surface area contributed by atoms with Gasteiger partial charge in [-0.15, -0.1) is 0 Å². The number of nitrogens with zero attached hydrogens (tertiary/aromatic N) is 1. The number of carbonyl (C=O) groups is 1. The summed E-state index contributed by atoms with van der Waals surface area (Å²) in [6.07, 6.45) is 1.45. The third kappa shape index (κ3) is 5.20. The molecule has 3 nitrogen and oxygen atoms in total. The van der Waals surface area contributed by atoms with Crippen LogP contribution in [0.25, 0.3) is 0 Å². The highest BCUT2D eigenvalue weighted by molar-refractivity contribution is 6.30. The Bertz CT molecular complexity index is 368. The topological polar surface area (TPSA) is 32.3 Å². The predicted molar refractivity (Wildman–Crippen MR) is 71.1 cm³/mol. The Morgan fingerprint density at radius 3 is 2.88 bits per heavy atom. The Morgan fingerprint density at radius 1 is 1.47 bits per heavy atom. The number of benzene rings is 1. The van der Waals surface area contributed by atoms with Gasteiger partial charge in [-0.3, -0.25) is 4.79 Å². The summed E-state index contributed by atoms with van der Waals surface area (Å²) in [7, 11) is 3.71. The van der Waals surface area contributed by atoms with Crippen molar-refractivity contribution in [2.75, 3.05) is 20.6 Å². The summed E-state index contributed by atoms with van der Waals surface area (Å²) in [5.41, 5.74) is 1.06. The molecule has 0 aromatic heterocycles. The summed E-state index contributed by atoms with van der Waals surface area (Å²) in [6.45, 7) is 1.48. The Morgan fingerprint density at radius 2 is 2.24 bits per heavy atom. The van der Waals surface area contributed by atoms with Gasteiger partial charge in [0.05, 0.1) is 0 Å². The molecule has 0 bridgehead atoms. The maximum atomic E-state index is 11.8. The van der Waals surface area contributed by atoms with Crippen LogP contribution in [-0.2, 0) is 11.3 Å². The Hall–Kier alpha value is -1.06. The summed E-state index contributed by atoms with van der Waals surface area (Å²) < 4.78 is 0. The van der Waals surface area contributed by atoms with Gasteiger partial charge in [0.1, 0.15) is 0 Å². The van der Waals surface area contributed by atoms with E-state index in [9.17, 15) is 4.79 Å². The third-order valence-corrected chi connectivity index (χ3v) is 2.79. The monoisotopic (exact) mass is 254 g/mol. The van der Waals surface area contributed by atoms with Crippen LogP contribution in [0.1, 0.15) is 18.4 Å². The van der Waals surface area contributed by atoms with Crippen molar-refractivity contribution in [3.8, 4) is 0 Å². The molecule has 0 aliphatic heterocycles. The van der Waals surface area contributed by atoms with Crippen LogP contribution in [0.5, 0.6) is 0 Å². The van der Waals surface area contributed by atoms with E-state index in [2.05, 4.69) is 5.32 Å². The standard InChI is InChI=1S/C13H19ClN2O/c1-15-8-4-7-13(17)16(2)10-11-5-3-6-12(14)9-11/h3,5-6,9,15H,4,7-8,10H2,1-2H3. The lowest BCUT2D eigenvalue weighted by molar-refractivity contribution is -0.130. The lowest BCUT2D eigenvalue weighted by Gasteiger charge is -2.17. The maximum absolute atomic E-state index is 11.8. The number of nitrogens with one attached hydrogen (secondary N) is 1. The molecule has 1 N–H and O–H groups in total. The van der Waals surface area contributed by atoms with Crippen molar-refractivity contribution in [2.45, 2.75) is 19.4 Å². The Kier molecular flexibility index (Phi) is 6.01. The highest BCUT2D eigenvalue weighted by Crippen LogP contribution is 2.12. The van der Waals surface area contributed by atoms with Crippen LogP contribution in [0, 0.1) is 0 Å². The highest BCUT2D eigenvalue weighted by atomic mass is 35.5. The van der Waals surface area contributed by atoms with Gasteiger partial charge in [0.2, 0.25) is 5.91 Å². The lowest BCUT2D eigenvalue weighted by atomic mass is 10.2. The first-order valence-electron chi connectivity index (χ1n) is 5.76. The molecular formula is C13H19ClN2O. The van der Waals surface area contributed by atoms with Crippen LogP contribution in [0.4, 0.5) is 0 Å². The number of hydrogen-bond acceptors (Lipinski definition) is 2. The van der Waals surface area contributed by atoms with E-state index in [1.54, 1.807) is 4.90 Å². The van der Waals surface area contributed by atoms with E-state index in [-0.39, 0.29) is 5.91 Å². The van der Waals surface area contributed by atoms with E-state index in [1.807, 2.05) is 38.4 Å². The van der Waals surface area contributed by atoms with Crippen molar-refractivity contribution in [2.24, 2.45) is 0 Å². The molecule has 0 spiro atoms. The molecule has 0 heterocycles. The molecule has 1 amide bonds. The summed E-state index contributed by atoms with van der Waals surface area (Å²) >= 11 is 5.90. The molecule has 1 rings (SSSR count). The van der Waals surface area contributed by atoms with Crippen LogP contribution in [-0.4, -0.2) is 31.4 Å². The minimum atomic E-state index is 0.167. The van der Waals surface area contributed by atoms with Crippen molar-refractivity contribution >= 4 is 17.5 Å². The van der Waals surface area contributed by atoms with Gasteiger partial charge >= 0.3 is 0 Å². The molecule has 1 aromatic carbocycles. The quantitative estimate of drug-likeness (QED) is 0.790. The van der Waals surface area contributed by atoms with Crippen LogP contribution < -0.4 is 5.32 Å². The maximum Gasteiger partial charge on any atom is 0.222 e. The number of carbonyl (C=O) groups excluding carboxylic acids is 1. The molecule has 4 heteroatoms. The second-order valence-electron chi connectivity index (χ2n) is 4.09. The first-order chi connectivity index (χ1) is 8.13. The van der Waals surface area contributed by atoms with E-state index in [4.69, 9.17) is 11.6 Å². The van der Waals surface area contributed by atoms with Gasteiger partial charge in [-0.1, -0.05) is 23.7 Å². The second kappa shape index (κ2) is 7.30. The van der Waals surface area contributed by atoms with E-state index >= 15 is 0 Å². The van der Waals surface area contributed by atoms with Crippen molar-refractivity contribution in [3.63, 3.8) is 0 Å². The fourth-order valence-electron chi connectivity index (χ4n) is 1.60. The van der Waals surface area contributed by atoms with Crippen LogP contribution in [0.15, 0.2) is 24.3 Å². The smallest absolute Gasteiger partial charge is 0.222 e. The van der Waals surface area contributed by atoms with Gasteiger partial charge in [0.15, 0.2) is 0 Å².